The van der Waals surface area contributed by atoms with E-state index in [4.69, 9.17) is 4.74 Å². The summed E-state index contributed by atoms with van der Waals surface area (Å²) in [6.45, 7) is 4.62. The fourth-order valence-corrected chi connectivity index (χ4v) is 2.37. The van der Waals surface area contributed by atoms with Crippen LogP contribution in [0.4, 0.5) is 11.4 Å². The van der Waals surface area contributed by atoms with Gasteiger partial charge in [0.1, 0.15) is 5.75 Å². The van der Waals surface area contributed by atoms with Crippen LogP contribution >= 0.6 is 0 Å². The molecule has 0 radical (unpaired) electrons. The zero-order valence-corrected chi connectivity index (χ0v) is 11.3. The van der Waals surface area contributed by atoms with Crippen molar-refractivity contribution in [2.24, 2.45) is 0 Å². The molecule has 4 heteroatoms. The number of ether oxygens (including phenoxy) is 1. The summed E-state index contributed by atoms with van der Waals surface area (Å²) in [7, 11) is 3.60. The Morgan fingerprint density at radius 3 is 2.72 bits per heavy atom. The predicted octanol–water partition coefficient (Wildman–Crippen LogP) is 2.24. The second kappa shape index (κ2) is 6.50. The molecule has 0 amide bonds. The van der Waals surface area contributed by atoms with Crippen LogP contribution in [0.3, 0.4) is 0 Å². The number of hydrogen-bond donors (Lipinski definition) is 2. The van der Waals surface area contributed by atoms with Crippen LogP contribution in [0.2, 0.25) is 0 Å². The molecular weight excluding hydrogens is 226 g/mol. The molecule has 1 fully saturated rings. The minimum Gasteiger partial charge on any atom is -0.495 e. The Balaban J connectivity index is 1.84. The van der Waals surface area contributed by atoms with Crippen molar-refractivity contribution in [1.82, 2.24) is 4.90 Å². The molecule has 0 aliphatic carbocycles. The van der Waals surface area contributed by atoms with Crippen LogP contribution in [-0.2, 0) is 0 Å². The van der Waals surface area contributed by atoms with E-state index in [-0.39, 0.29) is 0 Å². The third-order valence-electron chi connectivity index (χ3n) is 3.43. The highest BCUT2D eigenvalue weighted by Gasteiger charge is 2.10. The first-order valence-corrected chi connectivity index (χ1v) is 6.65. The molecule has 1 aromatic carbocycles. The van der Waals surface area contributed by atoms with Gasteiger partial charge in [-0.3, -0.25) is 0 Å². The monoisotopic (exact) mass is 249 g/mol. The molecule has 100 valence electrons. The summed E-state index contributed by atoms with van der Waals surface area (Å²) in [5.74, 6) is 0.878. The first-order chi connectivity index (χ1) is 8.83. The van der Waals surface area contributed by atoms with Crippen LogP contribution in [0.25, 0.3) is 0 Å². The van der Waals surface area contributed by atoms with Crippen molar-refractivity contribution in [3.8, 4) is 5.75 Å². The second-order valence-corrected chi connectivity index (χ2v) is 4.64. The van der Waals surface area contributed by atoms with Crippen molar-refractivity contribution in [2.75, 3.05) is 51.0 Å². The summed E-state index contributed by atoms with van der Waals surface area (Å²) >= 11 is 0. The summed E-state index contributed by atoms with van der Waals surface area (Å²) < 4.78 is 5.34. The third kappa shape index (κ3) is 3.29. The van der Waals surface area contributed by atoms with Gasteiger partial charge in [-0.05, 0) is 38.1 Å². The second-order valence-electron chi connectivity index (χ2n) is 4.64. The molecule has 0 atom stereocenters. The number of nitrogens with zero attached hydrogens (tertiary/aromatic N) is 1. The van der Waals surface area contributed by atoms with Crippen molar-refractivity contribution in [1.29, 1.82) is 0 Å². The Hall–Kier alpha value is -1.42. The summed E-state index contributed by atoms with van der Waals surface area (Å²) in [5.41, 5.74) is 2.13. The summed E-state index contributed by atoms with van der Waals surface area (Å²) in [6, 6.07) is 6.16. The van der Waals surface area contributed by atoms with Gasteiger partial charge in [-0.25, -0.2) is 0 Å². The lowest BCUT2D eigenvalue weighted by atomic mass is 10.2. The molecule has 1 aromatic rings. The van der Waals surface area contributed by atoms with E-state index >= 15 is 0 Å². The zero-order chi connectivity index (χ0) is 12.8. The van der Waals surface area contributed by atoms with E-state index in [2.05, 4.69) is 21.6 Å². The minimum atomic E-state index is 0.878. The highest BCUT2D eigenvalue weighted by molar-refractivity contribution is 5.63. The Labute approximate surface area is 109 Å². The normalized spacial score (nSPS) is 15.7. The largest absolute Gasteiger partial charge is 0.495 e. The smallest absolute Gasteiger partial charge is 0.143 e. The van der Waals surface area contributed by atoms with Crippen LogP contribution in [0, 0.1) is 0 Å². The number of benzene rings is 1. The fourth-order valence-electron chi connectivity index (χ4n) is 2.37. The molecule has 2 rings (SSSR count). The van der Waals surface area contributed by atoms with Crippen molar-refractivity contribution in [2.45, 2.75) is 12.8 Å². The SMILES string of the molecule is CNc1ccc(NCCN2CCCC2)cc1OC. The first-order valence-electron chi connectivity index (χ1n) is 6.65. The summed E-state index contributed by atoms with van der Waals surface area (Å²) in [5, 5.41) is 6.56. The van der Waals surface area contributed by atoms with Gasteiger partial charge in [0.2, 0.25) is 0 Å². The Bertz CT molecular complexity index is 375. The molecule has 0 unspecified atom stereocenters. The lowest BCUT2D eigenvalue weighted by Crippen LogP contribution is -2.25. The maximum Gasteiger partial charge on any atom is 0.143 e. The summed E-state index contributed by atoms with van der Waals surface area (Å²) in [4.78, 5) is 2.51. The van der Waals surface area contributed by atoms with E-state index in [9.17, 15) is 0 Å². The molecular formula is C14H23N3O. The molecule has 0 bridgehead atoms. The van der Waals surface area contributed by atoms with Gasteiger partial charge in [-0.2, -0.15) is 0 Å². The molecule has 4 nitrogen and oxygen atoms in total. The molecule has 1 aliphatic heterocycles. The van der Waals surface area contributed by atoms with Crippen molar-refractivity contribution >= 4 is 11.4 Å². The Morgan fingerprint density at radius 2 is 2.06 bits per heavy atom. The molecule has 1 aliphatic rings. The van der Waals surface area contributed by atoms with E-state index in [1.807, 2.05) is 19.2 Å². The number of nitrogens with one attached hydrogen (secondary N) is 2. The number of rotatable bonds is 6. The quantitative estimate of drug-likeness (QED) is 0.810. The molecule has 0 aromatic heterocycles. The van der Waals surface area contributed by atoms with E-state index in [0.717, 1.165) is 30.2 Å². The topological polar surface area (TPSA) is 36.5 Å². The molecule has 18 heavy (non-hydrogen) atoms. The number of hydrogen-bond acceptors (Lipinski definition) is 4. The van der Waals surface area contributed by atoms with Crippen molar-refractivity contribution in [3.05, 3.63) is 18.2 Å². The highest BCUT2D eigenvalue weighted by atomic mass is 16.5. The van der Waals surface area contributed by atoms with E-state index in [1.54, 1.807) is 7.11 Å². The lowest BCUT2D eigenvalue weighted by molar-refractivity contribution is 0.352. The molecule has 0 spiro atoms. The predicted molar refractivity (Wildman–Crippen MR) is 76.7 cm³/mol. The van der Waals surface area contributed by atoms with Gasteiger partial charge in [-0.1, -0.05) is 0 Å². The minimum absolute atomic E-state index is 0.878. The maximum absolute atomic E-state index is 5.34. The highest BCUT2D eigenvalue weighted by Crippen LogP contribution is 2.27. The standard InChI is InChI=1S/C14H23N3O/c1-15-13-6-5-12(11-14(13)18-2)16-7-10-17-8-3-4-9-17/h5-6,11,15-16H,3-4,7-10H2,1-2H3. The lowest BCUT2D eigenvalue weighted by Gasteiger charge is -2.16. The van der Waals surface area contributed by atoms with Gasteiger partial charge in [0.05, 0.1) is 12.8 Å². The number of likely N-dealkylation sites (tertiary alicyclic amines) is 1. The molecule has 0 saturated carbocycles. The average molecular weight is 249 g/mol. The van der Waals surface area contributed by atoms with E-state index in [0.29, 0.717) is 0 Å². The average Bonchev–Trinajstić information content (AvgIpc) is 2.91. The summed E-state index contributed by atoms with van der Waals surface area (Å²) in [6.07, 6.45) is 2.70. The third-order valence-corrected chi connectivity index (χ3v) is 3.43. The van der Waals surface area contributed by atoms with Crippen LogP contribution in [0.15, 0.2) is 18.2 Å². The van der Waals surface area contributed by atoms with Gasteiger partial charge in [-0.15, -0.1) is 0 Å². The van der Waals surface area contributed by atoms with Gasteiger partial charge < -0.3 is 20.3 Å². The molecule has 1 saturated heterocycles. The van der Waals surface area contributed by atoms with Crippen LogP contribution in [0.1, 0.15) is 12.8 Å². The van der Waals surface area contributed by atoms with Crippen molar-refractivity contribution in [3.63, 3.8) is 0 Å². The van der Waals surface area contributed by atoms with Gasteiger partial charge in [0, 0.05) is 31.9 Å². The van der Waals surface area contributed by atoms with E-state index in [1.165, 1.54) is 25.9 Å². The molecule has 2 N–H and O–H groups in total. The Kier molecular flexibility index (Phi) is 4.70. The molecule has 1 heterocycles. The van der Waals surface area contributed by atoms with Crippen LogP contribution in [-0.4, -0.2) is 45.2 Å². The van der Waals surface area contributed by atoms with Crippen LogP contribution in [0.5, 0.6) is 5.75 Å². The maximum atomic E-state index is 5.34. The van der Waals surface area contributed by atoms with Gasteiger partial charge in [0.25, 0.3) is 0 Å². The first kappa shape index (κ1) is 13.0. The Morgan fingerprint density at radius 1 is 1.28 bits per heavy atom. The van der Waals surface area contributed by atoms with Crippen molar-refractivity contribution < 1.29 is 4.74 Å². The van der Waals surface area contributed by atoms with Gasteiger partial charge in [0.15, 0.2) is 0 Å². The fraction of sp³-hybridized carbons (Fsp3) is 0.571. The zero-order valence-electron chi connectivity index (χ0n) is 11.3. The van der Waals surface area contributed by atoms with Gasteiger partial charge >= 0.3 is 0 Å². The van der Waals surface area contributed by atoms with Crippen LogP contribution < -0.4 is 15.4 Å². The number of anilines is 2. The number of methoxy groups -OCH3 is 1. The van der Waals surface area contributed by atoms with E-state index < -0.39 is 0 Å².